The molecule has 0 saturated carbocycles. The molecule has 39 heavy (non-hydrogen) atoms. The highest BCUT2D eigenvalue weighted by Gasteiger charge is 2.38. The second-order valence-corrected chi connectivity index (χ2v) is 9.79. The number of alkyl halides is 3. The summed E-state index contributed by atoms with van der Waals surface area (Å²) in [5.74, 6) is 0. The van der Waals surface area contributed by atoms with Crippen LogP contribution in [0.25, 0.3) is 0 Å². The van der Waals surface area contributed by atoms with E-state index >= 15 is 0 Å². The Hall–Kier alpha value is -2.85. The molecule has 0 radical (unpaired) electrons. The highest BCUT2D eigenvalue weighted by molar-refractivity contribution is 6.03. The van der Waals surface area contributed by atoms with Crippen molar-refractivity contribution < 1.29 is 13.2 Å². The lowest BCUT2D eigenvalue weighted by atomic mass is 9.96. The van der Waals surface area contributed by atoms with Crippen LogP contribution in [0.3, 0.4) is 0 Å². The predicted octanol–water partition coefficient (Wildman–Crippen LogP) is 8.98. The molecule has 218 valence electrons. The SMILES string of the molecule is CC/C=C/C=C(C#N)\C=C(/C)CCC.C\C=C(C(/C(C)=N/C=C/CC)=C(/C)N1CC(C)NCC1C)\C(F)(F)F. The summed E-state index contributed by atoms with van der Waals surface area (Å²) in [6.07, 6.45) is 11.9. The summed E-state index contributed by atoms with van der Waals surface area (Å²) in [5.41, 5.74) is 2.56. The first-order valence-electron chi connectivity index (χ1n) is 14.0. The van der Waals surface area contributed by atoms with Gasteiger partial charge >= 0.3 is 6.18 Å². The molecule has 0 spiro atoms. The van der Waals surface area contributed by atoms with Crippen molar-refractivity contribution in [3.8, 4) is 6.07 Å². The molecule has 1 fully saturated rings. The number of nitrogens with zero attached hydrogens (tertiary/aromatic N) is 3. The summed E-state index contributed by atoms with van der Waals surface area (Å²) in [5, 5.41) is 12.2. The topological polar surface area (TPSA) is 51.4 Å². The Kier molecular flexibility index (Phi) is 17.8. The van der Waals surface area contributed by atoms with Crippen molar-refractivity contribution in [2.45, 2.75) is 106 Å². The molecule has 4 nitrogen and oxygen atoms in total. The van der Waals surface area contributed by atoms with E-state index < -0.39 is 11.7 Å². The summed E-state index contributed by atoms with van der Waals surface area (Å²) < 4.78 is 40.8. The predicted molar refractivity (Wildman–Crippen MR) is 160 cm³/mol. The van der Waals surface area contributed by atoms with E-state index in [2.05, 4.69) is 37.1 Å². The zero-order valence-corrected chi connectivity index (χ0v) is 25.4. The largest absolute Gasteiger partial charge is 0.416 e. The Labute approximate surface area is 235 Å². The van der Waals surface area contributed by atoms with Crippen molar-refractivity contribution >= 4 is 5.71 Å². The van der Waals surface area contributed by atoms with Crippen LogP contribution in [-0.2, 0) is 0 Å². The van der Waals surface area contributed by atoms with Gasteiger partial charge < -0.3 is 10.2 Å². The summed E-state index contributed by atoms with van der Waals surface area (Å²) in [6, 6.07) is 2.53. The fourth-order valence-electron chi connectivity index (χ4n) is 4.23. The lowest BCUT2D eigenvalue weighted by Crippen LogP contribution is -2.53. The maximum Gasteiger partial charge on any atom is 0.416 e. The molecule has 1 aliphatic heterocycles. The lowest BCUT2D eigenvalue weighted by Gasteiger charge is -2.41. The molecule has 2 unspecified atom stereocenters. The third kappa shape index (κ3) is 13.7. The van der Waals surface area contributed by atoms with Crippen molar-refractivity contribution in [3.63, 3.8) is 0 Å². The first-order valence-corrected chi connectivity index (χ1v) is 14.0. The van der Waals surface area contributed by atoms with E-state index in [0.29, 0.717) is 18.0 Å². The molecular formula is C32H49F3N4. The quantitative estimate of drug-likeness (QED) is 0.169. The molecule has 7 heteroatoms. The van der Waals surface area contributed by atoms with Crippen LogP contribution in [0, 0.1) is 11.3 Å². The van der Waals surface area contributed by atoms with Crippen molar-refractivity contribution in [3.05, 3.63) is 70.6 Å². The average Bonchev–Trinajstić information content (AvgIpc) is 2.87. The molecule has 0 aromatic heterocycles. The number of allylic oxidation sites excluding steroid dienone is 11. The number of hydrogen-bond donors (Lipinski definition) is 1. The van der Waals surface area contributed by atoms with E-state index in [4.69, 9.17) is 5.26 Å². The van der Waals surface area contributed by atoms with E-state index in [-0.39, 0.29) is 17.7 Å². The first-order chi connectivity index (χ1) is 18.4. The van der Waals surface area contributed by atoms with Crippen LogP contribution in [0.2, 0.25) is 0 Å². The maximum atomic E-state index is 13.6. The van der Waals surface area contributed by atoms with E-state index in [0.717, 1.165) is 43.9 Å². The maximum absolute atomic E-state index is 13.6. The summed E-state index contributed by atoms with van der Waals surface area (Å²) in [7, 11) is 0. The number of nitrogens with one attached hydrogen (secondary N) is 1. The van der Waals surface area contributed by atoms with Crippen LogP contribution >= 0.6 is 0 Å². The Morgan fingerprint density at radius 1 is 1.10 bits per heavy atom. The van der Waals surface area contributed by atoms with Crippen molar-refractivity contribution in [1.29, 1.82) is 5.26 Å². The van der Waals surface area contributed by atoms with Crippen LogP contribution < -0.4 is 5.32 Å². The van der Waals surface area contributed by atoms with E-state index in [1.54, 1.807) is 20.0 Å². The number of halogens is 3. The van der Waals surface area contributed by atoms with Gasteiger partial charge in [0, 0.05) is 48.4 Å². The van der Waals surface area contributed by atoms with Crippen LogP contribution in [0.1, 0.15) is 88.0 Å². The fraction of sp³-hybridized carbons (Fsp3) is 0.562. The van der Waals surface area contributed by atoms with Crippen LogP contribution in [0.5, 0.6) is 0 Å². The van der Waals surface area contributed by atoms with Gasteiger partial charge in [0.25, 0.3) is 0 Å². The van der Waals surface area contributed by atoms with Gasteiger partial charge in [-0.3, -0.25) is 4.99 Å². The van der Waals surface area contributed by atoms with Crippen LogP contribution in [-0.4, -0.2) is 42.0 Å². The van der Waals surface area contributed by atoms with Gasteiger partial charge in [-0.25, -0.2) is 0 Å². The molecule has 1 saturated heterocycles. The van der Waals surface area contributed by atoms with Crippen molar-refractivity contribution in [2.24, 2.45) is 4.99 Å². The van der Waals surface area contributed by atoms with E-state index in [1.807, 2.05) is 56.1 Å². The monoisotopic (exact) mass is 546 g/mol. The van der Waals surface area contributed by atoms with Crippen LogP contribution in [0.15, 0.2) is 75.6 Å². The molecule has 1 N–H and O–H groups in total. The molecule has 1 rings (SSSR count). The Morgan fingerprint density at radius 2 is 1.74 bits per heavy atom. The number of rotatable bonds is 10. The minimum Gasteiger partial charge on any atom is -0.369 e. The highest BCUT2D eigenvalue weighted by atomic mass is 19.4. The van der Waals surface area contributed by atoms with Gasteiger partial charge in [0.2, 0.25) is 0 Å². The average molecular weight is 547 g/mol. The number of hydrogen-bond acceptors (Lipinski definition) is 4. The second kappa shape index (κ2) is 19.2. The molecule has 0 bridgehead atoms. The van der Waals surface area contributed by atoms with Crippen LogP contribution in [0.4, 0.5) is 13.2 Å². The van der Waals surface area contributed by atoms with Gasteiger partial charge in [0.1, 0.15) is 0 Å². The molecule has 0 aromatic rings. The normalized spacial score (nSPS) is 20.6. The number of aliphatic imine (C=N–C) groups is 1. The molecule has 1 heterocycles. The standard InChI is InChI=1S/C19H30F3N3.C13H19N/c1-7-9-10-23-15(5)18(17(8-2)19(20,21)22)16(6)25-12-13(3)24-11-14(25)4;1-4-6-7-9-13(11-14)10-12(3)8-5-2/h8-10,13-14,24H,7,11-12H2,1-6H3;6-7,9-10H,4-5,8H2,1-3H3/b10-9+,17-8+,18-16-,23-15+;7-6+,12-10+,13-9+. The Morgan fingerprint density at radius 3 is 2.26 bits per heavy atom. The van der Waals surface area contributed by atoms with Crippen molar-refractivity contribution in [2.75, 3.05) is 13.1 Å². The van der Waals surface area contributed by atoms with Crippen molar-refractivity contribution in [1.82, 2.24) is 10.2 Å². The minimum absolute atomic E-state index is 0.122. The zero-order valence-electron chi connectivity index (χ0n) is 25.4. The zero-order chi connectivity index (χ0) is 30.0. The smallest absolute Gasteiger partial charge is 0.369 e. The lowest BCUT2D eigenvalue weighted by molar-refractivity contribution is -0.0891. The first kappa shape index (κ1) is 36.1. The van der Waals surface area contributed by atoms with Gasteiger partial charge in [0.15, 0.2) is 0 Å². The van der Waals surface area contributed by atoms with Gasteiger partial charge in [-0.1, -0.05) is 57.1 Å². The molecule has 0 aromatic carbocycles. The van der Waals surface area contributed by atoms with E-state index in [1.165, 1.54) is 12.5 Å². The molecule has 1 aliphatic rings. The fourth-order valence-corrected chi connectivity index (χ4v) is 4.23. The van der Waals surface area contributed by atoms with Gasteiger partial charge in [-0.2, -0.15) is 18.4 Å². The van der Waals surface area contributed by atoms with Gasteiger partial charge in [-0.15, -0.1) is 0 Å². The summed E-state index contributed by atoms with van der Waals surface area (Å²) >= 11 is 0. The van der Waals surface area contributed by atoms with E-state index in [9.17, 15) is 13.2 Å². The number of nitriles is 1. The molecular weight excluding hydrogens is 497 g/mol. The van der Waals surface area contributed by atoms with Gasteiger partial charge in [-0.05, 0) is 73.0 Å². The summed E-state index contributed by atoms with van der Waals surface area (Å²) in [4.78, 5) is 6.30. The van der Waals surface area contributed by atoms with Gasteiger partial charge in [0.05, 0.1) is 17.2 Å². The Balaban J connectivity index is 0.000000876. The third-order valence-electron chi connectivity index (χ3n) is 6.21. The number of piperazine rings is 1. The third-order valence-corrected chi connectivity index (χ3v) is 6.21. The highest BCUT2D eigenvalue weighted by Crippen LogP contribution is 2.35. The summed E-state index contributed by atoms with van der Waals surface area (Å²) in [6.45, 7) is 18.6. The Bertz CT molecular complexity index is 1000. The molecule has 2 atom stereocenters. The second-order valence-electron chi connectivity index (χ2n) is 9.79. The minimum atomic E-state index is -4.42. The molecule has 0 amide bonds. The molecule has 0 aliphatic carbocycles.